The summed E-state index contributed by atoms with van der Waals surface area (Å²) in [5.41, 5.74) is 14.9. The van der Waals surface area contributed by atoms with Crippen LogP contribution in [-0.2, 0) is 6.42 Å². The van der Waals surface area contributed by atoms with E-state index in [2.05, 4.69) is 53.7 Å². The summed E-state index contributed by atoms with van der Waals surface area (Å²) in [6.07, 6.45) is 1.11. The van der Waals surface area contributed by atoms with Gasteiger partial charge in [0.25, 0.3) is 0 Å². The van der Waals surface area contributed by atoms with E-state index in [-0.39, 0.29) is 0 Å². The predicted molar refractivity (Wildman–Crippen MR) is 83.1 cm³/mol. The molecule has 2 aromatic rings. The number of benzene rings is 2. The first-order valence-corrected chi connectivity index (χ1v) is 7.12. The first-order valence-electron chi connectivity index (χ1n) is 7.12. The van der Waals surface area contributed by atoms with Gasteiger partial charge in [0.1, 0.15) is 0 Å². The van der Waals surface area contributed by atoms with Crippen LogP contribution >= 0.6 is 0 Å². The number of aryl methyl sites for hydroxylation is 1. The highest BCUT2D eigenvalue weighted by Gasteiger charge is 2.26. The largest absolute Gasteiger partial charge is 0.0587 e. The van der Waals surface area contributed by atoms with Crippen molar-refractivity contribution in [1.29, 1.82) is 0 Å². The van der Waals surface area contributed by atoms with Crippen LogP contribution in [-0.4, -0.2) is 0 Å². The van der Waals surface area contributed by atoms with Crippen LogP contribution in [0.15, 0.2) is 12.1 Å². The standard InChI is InChI=1S/C19H22/c1-10-7-8-16-9-17-14(5)12(3)13(4)15(6)19(17)18(16)11(10)2/h7-8H,9H2,1-6H3. The summed E-state index contributed by atoms with van der Waals surface area (Å²) < 4.78 is 0. The molecule has 0 saturated carbocycles. The second-order valence-corrected chi connectivity index (χ2v) is 6.07. The first-order chi connectivity index (χ1) is 8.93. The molecule has 0 fully saturated rings. The Morgan fingerprint density at radius 2 is 1.26 bits per heavy atom. The molecule has 0 nitrogen and oxygen atoms in total. The minimum Gasteiger partial charge on any atom is -0.0587 e. The lowest BCUT2D eigenvalue weighted by Crippen LogP contribution is -1.98. The van der Waals surface area contributed by atoms with Crippen molar-refractivity contribution in [2.24, 2.45) is 0 Å². The summed E-state index contributed by atoms with van der Waals surface area (Å²) in [5.74, 6) is 0. The Balaban J connectivity index is 2.45. The Labute approximate surface area is 116 Å². The van der Waals surface area contributed by atoms with Crippen molar-refractivity contribution in [3.63, 3.8) is 0 Å². The van der Waals surface area contributed by atoms with Crippen LogP contribution in [0.5, 0.6) is 0 Å². The fraction of sp³-hybridized carbons (Fsp3) is 0.368. The van der Waals surface area contributed by atoms with Crippen LogP contribution in [0.4, 0.5) is 0 Å². The molecule has 0 bridgehead atoms. The van der Waals surface area contributed by atoms with E-state index < -0.39 is 0 Å². The molecule has 0 aromatic heterocycles. The van der Waals surface area contributed by atoms with Crippen molar-refractivity contribution >= 4 is 0 Å². The van der Waals surface area contributed by atoms with Crippen LogP contribution in [0.3, 0.4) is 0 Å². The van der Waals surface area contributed by atoms with Crippen molar-refractivity contribution in [2.75, 3.05) is 0 Å². The Kier molecular flexibility index (Phi) is 2.60. The fourth-order valence-corrected chi connectivity index (χ4v) is 3.51. The maximum atomic E-state index is 2.32. The molecule has 0 atom stereocenters. The Bertz CT molecular complexity index is 703. The minimum absolute atomic E-state index is 1.11. The molecule has 2 aromatic carbocycles. The van der Waals surface area contributed by atoms with Gasteiger partial charge in [0.2, 0.25) is 0 Å². The topological polar surface area (TPSA) is 0 Å². The number of hydrogen-bond acceptors (Lipinski definition) is 0. The summed E-state index contributed by atoms with van der Waals surface area (Å²) in [4.78, 5) is 0. The minimum atomic E-state index is 1.11. The van der Waals surface area contributed by atoms with Gasteiger partial charge >= 0.3 is 0 Å². The molecule has 1 aliphatic carbocycles. The normalized spacial score (nSPS) is 12.5. The monoisotopic (exact) mass is 250 g/mol. The lowest BCUT2D eigenvalue weighted by Gasteiger charge is -2.17. The van der Waals surface area contributed by atoms with Crippen LogP contribution in [0, 0.1) is 41.5 Å². The predicted octanol–water partition coefficient (Wildman–Crippen LogP) is 5.11. The third-order valence-corrected chi connectivity index (χ3v) is 5.26. The molecule has 0 aliphatic heterocycles. The van der Waals surface area contributed by atoms with Crippen LogP contribution in [0.2, 0.25) is 0 Å². The second kappa shape index (κ2) is 3.96. The van der Waals surface area contributed by atoms with Gasteiger partial charge < -0.3 is 0 Å². The SMILES string of the molecule is Cc1ccc2c(c1C)-c1c(C)c(C)c(C)c(C)c1C2. The lowest BCUT2D eigenvalue weighted by atomic mass is 9.87. The molecule has 3 rings (SSSR count). The van der Waals surface area contributed by atoms with Crippen molar-refractivity contribution in [2.45, 2.75) is 48.0 Å². The van der Waals surface area contributed by atoms with Crippen LogP contribution in [0.1, 0.15) is 44.5 Å². The third kappa shape index (κ3) is 1.52. The third-order valence-electron chi connectivity index (χ3n) is 5.26. The number of rotatable bonds is 0. The quantitative estimate of drug-likeness (QED) is 0.520. The molecular formula is C19H22. The zero-order valence-corrected chi connectivity index (χ0v) is 12.9. The van der Waals surface area contributed by atoms with E-state index >= 15 is 0 Å². The summed E-state index contributed by atoms with van der Waals surface area (Å²) in [7, 11) is 0. The number of hydrogen-bond donors (Lipinski definition) is 0. The molecule has 0 saturated heterocycles. The van der Waals surface area contributed by atoms with Crippen molar-refractivity contribution in [3.8, 4) is 11.1 Å². The molecule has 0 heteroatoms. The maximum Gasteiger partial charge on any atom is -0.00105 e. The molecule has 0 unspecified atom stereocenters. The maximum absolute atomic E-state index is 2.32. The van der Waals surface area contributed by atoms with Gasteiger partial charge in [-0.25, -0.2) is 0 Å². The van der Waals surface area contributed by atoms with E-state index in [0.29, 0.717) is 0 Å². The van der Waals surface area contributed by atoms with Gasteiger partial charge in [-0.3, -0.25) is 0 Å². The average Bonchev–Trinajstić information content (AvgIpc) is 2.78. The molecule has 0 heterocycles. The first kappa shape index (κ1) is 12.5. The molecule has 0 N–H and O–H groups in total. The molecule has 1 aliphatic rings. The van der Waals surface area contributed by atoms with Gasteiger partial charge in [-0.1, -0.05) is 12.1 Å². The van der Waals surface area contributed by atoms with Crippen molar-refractivity contribution in [1.82, 2.24) is 0 Å². The average molecular weight is 250 g/mol. The molecule has 0 amide bonds. The highest BCUT2D eigenvalue weighted by Crippen LogP contribution is 2.45. The lowest BCUT2D eigenvalue weighted by molar-refractivity contribution is 1.15. The summed E-state index contributed by atoms with van der Waals surface area (Å²) >= 11 is 0. The van der Waals surface area contributed by atoms with Gasteiger partial charge in [0.15, 0.2) is 0 Å². The summed E-state index contributed by atoms with van der Waals surface area (Å²) in [5, 5.41) is 0. The van der Waals surface area contributed by atoms with Crippen LogP contribution in [0.25, 0.3) is 11.1 Å². The molecular weight excluding hydrogens is 228 g/mol. The molecule has 0 radical (unpaired) electrons. The Morgan fingerprint density at radius 1 is 0.632 bits per heavy atom. The van der Waals surface area contributed by atoms with E-state index in [0.717, 1.165) is 6.42 Å². The summed E-state index contributed by atoms with van der Waals surface area (Å²) in [6, 6.07) is 4.59. The van der Waals surface area contributed by atoms with Crippen molar-refractivity contribution < 1.29 is 0 Å². The van der Waals surface area contributed by atoms with Crippen molar-refractivity contribution in [3.05, 3.63) is 56.6 Å². The second-order valence-electron chi connectivity index (χ2n) is 6.07. The molecule has 0 spiro atoms. The smallest absolute Gasteiger partial charge is 0.00105 e. The van der Waals surface area contributed by atoms with Gasteiger partial charge in [0, 0.05) is 0 Å². The van der Waals surface area contributed by atoms with E-state index in [4.69, 9.17) is 0 Å². The highest BCUT2D eigenvalue weighted by molar-refractivity contribution is 5.85. The highest BCUT2D eigenvalue weighted by atomic mass is 14.3. The Morgan fingerprint density at radius 3 is 1.95 bits per heavy atom. The van der Waals surface area contributed by atoms with Crippen LogP contribution < -0.4 is 0 Å². The molecule has 19 heavy (non-hydrogen) atoms. The summed E-state index contributed by atoms with van der Waals surface area (Å²) in [6.45, 7) is 13.6. The number of fused-ring (bicyclic) bond motifs is 3. The van der Waals surface area contributed by atoms with Gasteiger partial charge in [-0.05, 0) is 104 Å². The molecule has 98 valence electrons. The van der Waals surface area contributed by atoms with E-state index in [9.17, 15) is 0 Å². The zero-order chi connectivity index (χ0) is 13.9. The van der Waals surface area contributed by atoms with E-state index in [1.54, 1.807) is 5.56 Å². The fourth-order valence-electron chi connectivity index (χ4n) is 3.51. The zero-order valence-electron chi connectivity index (χ0n) is 12.9. The van der Waals surface area contributed by atoms with E-state index in [1.165, 1.54) is 50.1 Å². The Hall–Kier alpha value is -1.56. The van der Waals surface area contributed by atoms with Gasteiger partial charge in [-0.2, -0.15) is 0 Å². The van der Waals surface area contributed by atoms with E-state index in [1.807, 2.05) is 0 Å². The van der Waals surface area contributed by atoms with Gasteiger partial charge in [-0.15, -0.1) is 0 Å². The van der Waals surface area contributed by atoms with Gasteiger partial charge in [0.05, 0.1) is 0 Å².